The number of Topliss-reactive ketones (excluding diaryl/α,β-unsaturated/α-hetero) is 1. The third-order valence-corrected chi connectivity index (χ3v) is 3.45. The molecule has 0 N–H and O–H groups in total. The Labute approximate surface area is 106 Å². The van der Waals surface area contributed by atoms with Crippen LogP contribution in [-0.4, -0.2) is 37.5 Å². The van der Waals surface area contributed by atoms with Crippen LogP contribution >= 0.6 is 11.6 Å². The molecule has 1 heterocycles. The van der Waals surface area contributed by atoms with Crippen LogP contribution in [0.3, 0.4) is 0 Å². The number of nitrogens with zero attached hydrogens (tertiary/aromatic N) is 1. The third kappa shape index (κ3) is 2.61. The summed E-state index contributed by atoms with van der Waals surface area (Å²) in [6.45, 7) is 0.744. The van der Waals surface area contributed by atoms with Crippen LogP contribution in [0.4, 0.5) is 5.69 Å². The fourth-order valence-corrected chi connectivity index (χ4v) is 2.45. The lowest BCUT2D eigenvalue weighted by atomic mass is 10.1. The van der Waals surface area contributed by atoms with Crippen LogP contribution in [0.5, 0.6) is 0 Å². The molecule has 0 saturated carbocycles. The Morgan fingerprint density at radius 2 is 2.18 bits per heavy atom. The highest BCUT2D eigenvalue weighted by atomic mass is 35.5. The summed E-state index contributed by atoms with van der Waals surface area (Å²) in [7, 11) is 1.68. The summed E-state index contributed by atoms with van der Waals surface area (Å²) >= 11 is 5.66. The molecular weight excluding hydrogens is 238 g/mol. The summed E-state index contributed by atoms with van der Waals surface area (Å²) < 4.78 is 5.35. The molecule has 1 aliphatic rings. The van der Waals surface area contributed by atoms with Gasteiger partial charge < -0.3 is 9.64 Å². The minimum Gasteiger partial charge on any atom is -0.380 e. The standard InChI is InChI=1S/C13H16ClNO2/c1-17-11-7-12(13(16)8-14)15(9-11)10-5-3-2-4-6-10/h2-6,11-12H,7-9H2,1H3/t11-,12+/m0/s1. The van der Waals surface area contributed by atoms with Crippen LogP contribution in [0, 0.1) is 0 Å². The summed E-state index contributed by atoms with van der Waals surface area (Å²) in [4.78, 5) is 13.9. The van der Waals surface area contributed by atoms with E-state index in [9.17, 15) is 4.79 Å². The summed E-state index contributed by atoms with van der Waals surface area (Å²) in [5.74, 6) is 0.125. The van der Waals surface area contributed by atoms with Gasteiger partial charge in [0.2, 0.25) is 0 Å². The van der Waals surface area contributed by atoms with Crippen molar-refractivity contribution in [2.45, 2.75) is 18.6 Å². The molecule has 0 aromatic heterocycles. The van der Waals surface area contributed by atoms with E-state index in [0.717, 1.165) is 18.7 Å². The molecule has 0 amide bonds. The van der Waals surface area contributed by atoms with Crippen LogP contribution in [0.15, 0.2) is 30.3 Å². The lowest BCUT2D eigenvalue weighted by Gasteiger charge is -2.24. The molecule has 3 nitrogen and oxygen atoms in total. The first-order chi connectivity index (χ1) is 8.26. The van der Waals surface area contributed by atoms with Gasteiger partial charge in [-0.2, -0.15) is 0 Å². The molecular formula is C13H16ClNO2. The first kappa shape index (κ1) is 12.4. The number of ether oxygens (including phenoxy) is 1. The quantitative estimate of drug-likeness (QED) is 0.770. The lowest BCUT2D eigenvalue weighted by molar-refractivity contribution is -0.118. The van der Waals surface area contributed by atoms with Crippen molar-refractivity contribution in [1.29, 1.82) is 0 Å². The van der Waals surface area contributed by atoms with Gasteiger partial charge in [-0.25, -0.2) is 0 Å². The first-order valence-corrected chi connectivity index (χ1v) is 6.23. The van der Waals surface area contributed by atoms with Crippen LogP contribution in [0.1, 0.15) is 6.42 Å². The number of anilines is 1. The summed E-state index contributed by atoms with van der Waals surface area (Å²) in [6.07, 6.45) is 0.823. The Kier molecular flexibility index (Phi) is 4.02. The molecule has 0 radical (unpaired) electrons. The van der Waals surface area contributed by atoms with E-state index in [1.807, 2.05) is 30.3 Å². The topological polar surface area (TPSA) is 29.5 Å². The summed E-state index contributed by atoms with van der Waals surface area (Å²) in [5.41, 5.74) is 1.05. The van der Waals surface area contributed by atoms with Crippen molar-refractivity contribution in [2.75, 3.05) is 24.4 Å². The maximum Gasteiger partial charge on any atom is 0.169 e. The van der Waals surface area contributed by atoms with Crippen molar-refractivity contribution < 1.29 is 9.53 Å². The molecule has 92 valence electrons. The number of hydrogen-bond donors (Lipinski definition) is 0. The van der Waals surface area contributed by atoms with Gasteiger partial charge in [0.25, 0.3) is 0 Å². The normalized spacial score (nSPS) is 24.0. The molecule has 0 bridgehead atoms. The largest absolute Gasteiger partial charge is 0.380 e. The van der Waals surface area contributed by atoms with E-state index in [2.05, 4.69) is 4.90 Å². The summed E-state index contributed by atoms with van der Waals surface area (Å²) in [5, 5.41) is 0. The lowest BCUT2D eigenvalue weighted by Crippen LogP contribution is -2.36. The van der Waals surface area contributed by atoms with Gasteiger partial charge in [-0.05, 0) is 12.1 Å². The highest BCUT2D eigenvalue weighted by molar-refractivity contribution is 6.28. The number of ketones is 1. The maximum absolute atomic E-state index is 11.8. The van der Waals surface area contributed by atoms with Crippen LogP contribution in [0.25, 0.3) is 0 Å². The highest BCUT2D eigenvalue weighted by Gasteiger charge is 2.36. The molecule has 1 fully saturated rings. The van der Waals surface area contributed by atoms with Gasteiger partial charge in [0.05, 0.1) is 18.0 Å². The van der Waals surface area contributed by atoms with Crippen molar-refractivity contribution in [3.63, 3.8) is 0 Å². The second-order valence-corrected chi connectivity index (χ2v) is 4.46. The Hall–Kier alpha value is -1.06. The number of methoxy groups -OCH3 is 1. The highest BCUT2D eigenvalue weighted by Crippen LogP contribution is 2.27. The molecule has 0 unspecified atom stereocenters. The van der Waals surface area contributed by atoms with Crippen molar-refractivity contribution in [3.8, 4) is 0 Å². The molecule has 1 aromatic carbocycles. The Bertz CT molecular complexity index is 382. The van der Waals surface area contributed by atoms with E-state index in [1.165, 1.54) is 0 Å². The number of hydrogen-bond acceptors (Lipinski definition) is 3. The van der Waals surface area contributed by atoms with Gasteiger partial charge in [-0.1, -0.05) is 18.2 Å². The van der Waals surface area contributed by atoms with Crippen LogP contribution in [0.2, 0.25) is 0 Å². The van der Waals surface area contributed by atoms with E-state index < -0.39 is 0 Å². The molecule has 1 aromatic rings. The first-order valence-electron chi connectivity index (χ1n) is 5.69. The van der Waals surface area contributed by atoms with Gasteiger partial charge in [-0.3, -0.25) is 4.79 Å². The second-order valence-electron chi connectivity index (χ2n) is 4.20. The van der Waals surface area contributed by atoms with Crippen molar-refractivity contribution in [2.24, 2.45) is 0 Å². The van der Waals surface area contributed by atoms with E-state index in [4.69, 9.17) is 16.3 Å². The molecule has 0 aliphatic carbocycles. The Morgan fingerprint density at radius 3 is 2.76 bits per heavy atom. The Morgan fingerprint density at radius 1 is 1.47 bits per heavy atom. The van der Waals surface area contributed by atoms with Gasteiger partial charge in [0.15, 0.2) is 5.78 Å². The monoisotopic (exact) mass is 253 g/mol. The van der Waals surface area contributed by atoms with Crippen molar-refractivity contribution in [1.82, 2.24) is 0 Å². The average Bonchev–Trinajstić information content (AvgIpc) is 2.83. The van der Waals surface area contributed by atoms with Gasteiger partial charge in [0, 0.05) is 25.8 Å². The number of carbonyl (C=O) groups excluding carboxylic acids is 1. The zero-order valence-electron chi connectivity index (χ0n) is 9.80. The number of carbonyl (C=O) groups is 1. The number of benzene rings is 1. The third-order valence-electron chi connectivity index (χ3n) is 3.19. The smallest absolute Gasteiger partial charge is 0.169 e. The van der Waals surface area contributed by atoms with Crippen LogP contribution in [-0.2, 0) is 9.53 Å². The van der Waals surface area contributed by atoms with Crippen LogP contribution < -0.4 is 4.90 Å². The molecule has 1 saturated heterocycles. The maximum atomic E-state index is 11.8. The molecule has 0 spiro atoms. The Balaban J connectivity index is 2.21. The van der Waals surface area contributed by atoms with E-state index in [-0.39, 0.29) is 23.8 Å². The molecule has 17 heavy (non-hydrogen) atoms. The van der Waals surface area contributed by atoms with E-state index in [0.29, 0.717) is 0 Å². The van der Waals surface area contributed by atoms with Crippen molar-refractivity contribution in [3.05, 3.63) is 30.3 Å². The molecule has 4 heteroatoms. The SMILES string of the molecule is CO[C@H]1C[C@H](C(=O)CCl)N(c2ccccc2)C1. The number of halogens is 1. The number of para-hydroxylation sites is 1. The zero-order valence-corrected chi connectivity index (χ0v) is 10.6. The minimum absolute atomic E-state index is 0.0600. The molecule has 2 rings (SSSR count). The predicted molar refractivity (Wildman–Crippen MR) is 68.7 cm³/mol. The fourth-order valence-electron chi connectivity index (χ4n) is 2.27. The van der Waals surface area contributed by atoms with Gasteiger partial charge in [0.1, 0.15) is 0 Å². The number of alkyl halides is 1. The van der Waals surface area contributed by atoms with E-state index >= 15 is 0 Å². The minimum atomic E-state index is -0.153. The molecule has 1 aliphatic heterocycles. The summed E-state index contributed by atoms with van der Waals surface area (Å²) in [6, 6.07) is 9.76. The second kappa shape index (κ2) is 5.52. The van der Waals surface area contributed by atoms with Gasteiger partial charge >= 0.3 is 0 Å². The van der Waals surface area contributed by atoms with Gasteiger partial charge in [-0.15, -0.1) is 11.6 Å². The average molecular weight is 254 g/mol. The zero-order chi connectivity index (χ0) is 12.3. The predicted octanol–water partition coefficient (Wildman–Crippen LogP) is 2.09. The number of rotatable bonds is 4. The fraction of sp³-hybridized carbons (Fsp3) is 0.462. The van der Waals surface area contributed by atoms with Crippen molar-refractivity contribution >= 4 is 23.1 Å². The van der Waals surface area contributed by atoms with E-state index in [1.54, 1.807) is 7.11 Å². The molecule has 2 atom stereocenters.